The molecule has 42 heavy (non-hydrogen) atoms. The molecule has 0 saturated carbocycles. The van der Waals surface area contributed by atoms with Crippen LogP contribution in [0, 0.1) is 0 Å². The summed E-state index contributed by atoms with van der Waals surface area (Å²) in [5, 5.41) is 12.1. The largest absolute Gasteiger partial charge is 0.490 e. The van der Waals surface area contributed by atoms with Gasteiger partial charge in [-0.3, -0.25) is 9.80 Å². The Balaban J connectivity index is 0.000000252. The van der Waals surface area contributed by atoms with Crippen LogP contribution in [0.5, 0.6) is 0 Å². The van der Waals surface area contributed by atoms with Gasteiger partial charge in [-0.2, -0.15) is 13.2 Å². The van der Waals surface area contributed by atoms with Gasteiger partial charge in [-0.25, -0.2) is 9.59 Å². The Morgan fingerprint density at radius 2 is 1.21 bits per heavy atom. The van der Waals surface area contributed by atoms with E-state index >= 15 is 0 Å². The average Bonchev–Trinajstić information content (AvgIpc) is 2.92. The molecule has 2 aliphatic rings. The zero-order valence-electron chi connectivity index (χ0n) is 24.1. The van der Waals surface area contributed by atoms with Crippen LogP contribution in [0.25, 0.3) is 0 Å². The first kappa shape index (κ1) is 35.6. The molecule has 1 amide bonds. The number of aliphatic carboxylic acids is 1. The Hall–Kier alpha value is -2.57. The molecular weight excluding hydrogens is 596 g/mol. The average molecular weight is 636 g/mol. The second-order valence-corrected chi connectivity index (χ2v) is 11.6. The van der Waals surface area contributed by atoms with Gasteiger partial charge < -0.3 is 20.1 Å². The van der Waals surface area contributed by atoms with E-state index in [-0.39, 0.29) is 6.09 Å². The number of piperazine rings is 2. The van der Waals surface area contributed by atoms with Crippen LogP contribution in [-0.2, 0) is 22.6 Å². The van der Waals surface area contributed by atoms with Crippen molar-refractivity contribution in [2.24, 2.45) is 0 Å². The molecule has 0 aliphatic carbocycles. The second-order valence-electron chi connectivity index (χ2n) is 10.8. The highest BCUT2D eigenvalue weighted by molar-refractivity contribution is 6.31. The van der Waals surface area contributed by atoms with E-state index in [9.17, 15) is 18.0 Å². The summed E-state index contributed by atoms with van der Waals surface area (Å²) < 4.78 is 37.1. The Morgan fingerprint density at radius 1 is 0.810 bits per heavy atom. The van der Waals surface area contributed by atoms with Crippen molar-refractivity contribution in [1.82, 2.24) is 20.0 Å². The first-order valence-corrected chi connectivity index (χ1v) is 14.3. The van der Waals surface area contributed by atoms with Crippen molar-refractivity contribution in [2.75, 3.05) is 52.4 Å². The lowest BCUT2D eigenvalue weighted by Crippen LogP contribution is -2.49. The lowest BCUT2D eigenvalue weighted by Gasteiger charge is -2.35. The van der Waals surface area contributed by atoms with Gasteiger partial charge in [0.2, 0.25) is 0 Å². The Labute approximate surface area is 255 Å². The SMILES string of the molecule is CC(C)(C)OC(=O)N1CCN(Cc2ccccc2Cl)CC1.Clc1ccccc1CN1CCNCC1.O=C(O)C(F)(F)F. The molecular formula is C29H39Cl2F3N4O4. The number of ether oxygens (including phenoxy) is 1. The summed E-state index contributed by atoms with van der Waals surface area (Å²) in [5.41, 5.74) is 1.92. The highest BCUT2D eigenvalue weighted by atomic mass is 35.5. The molecule has 13 heteroatoms. The van der Waals surface area contributed by atoms with Crippen molar-refractivity contribution in [2.45, 2.75) is 45.6 Å². The fraction of sp³-hybridized carbons (Fsp3) is 0.517. The maximum atomic E-state index is 12.0. The molecule has 4 rings (SSSR count). The van der Waals surface area contributed by atoms with Crippen LogP contribution in [0.2, 0.25) is 10.0 Å². The van der Waals surface area contributed by atoms with Crippen LogP contribution in [0.4, 0.5) is 18.0 Å². The van der Waals surface area contributed by atoms with E-state index in [1.165, 1.54) is 5.56 Å². The number of carboxylic acids is 1. The van der Waals surface area contributed by atoms with Crippen LogP contribution < -0.4 is 5.32 Å². The molecule has 0 bridgehead atoms. The number of hydrogen-bond acceptors (Lipinski definition) is 6. The van der Waals surface area contributed by atoms with Crippen molar-refractivity contribution in [3.8, 4) is 0 Å². The second kappa shape index (κ2) is 16.9. The number of rotatable bonds is 4. The summed E-state index contributed by atoms with van der Waals surface area (Å²) in [7, 11) is 0. The summed E-state index contributed by atoms with van der Waals surface area (Å²) in [4.78, 5) is 27.4. The predicted octanol–water partition coefficient (Wildman–Crippen LogP) is 5.77. The van der Waals surface area contributed by atoms with Gasteiger partial charge in [0.25, 0.3) is 0 Å². The van der Waals surface area contributed by atoms with Gasteiger partial charge in [0.1, 0.15) is 5.60 Å². The number of alkyl halides is 3. The summed E-state index contributed by atoms with van der Waals surface area (Å²) in [6, 6.07) is 16.0. The van der Waals surface area contributed by atoms with E-state index in [0.717, 1.165) is 68.0 Å². The number of benzene rings is 2. The first-order chi connectivity index (χ1) is 19.7. The Bertz CT molecular complexity index is 1130. The normalized spacial score (nSPS) is 16.4. The summed E-state index contributed by atoms with van der Waals surface area (Å²) in [6.07, 6.45) is -5.31. The number of halogens is 5. The Morgan fingerprint density at radius 3 is 1.60 bits per heavy atom. The van der Waals surface area contributed by atoms with Crippen molar-refractivity contribution < 1.29 is 32.6 Å². The third kappa shape index (κ3) is 13.6. The predicted molar refractivity (Wildman–Crippen MR) is 158 cm³/mol. The molecule has 0 unspecified atom stereocenters. The monoisotopic (exact) mass is 634 g/mol. The fourth-order valence-electron chi connectivity index (χ4n) is 4.02. The van der Waals surface area contributed by atoms with Crippen molar-refractivity contribution in [3.05, 3.63) is 69.7 Å². The van der Waals surface area contributed by atoms with Crippen molar-refractivity contribution in [3.63, 3.8) is 0 Å². The van der Waals surface area contributed by atoms with Crippen LogP contribution in [0.3, 0.4) is 0 Å². The van der Waals surface area contributed by atoms with E-state index < -0.39 is 17.7 Å². The van der Waals surface area contributed by atoms with E-state index in [0.29, 0.717) is 13.1 Å². The smallest absolute Gasteiger partial charge is 0.475 e. The van der Waals surface area contributed by atoms with Crippen LogP contribution in [0.1, 0.15) is 31.9 Å². The summed E-state index contributed by atoms with van der Waals surface area (Å²) in [5.74, 6) is -2.76. The van der Waals surface area contributed by atoms with Crippen molar-refractivity contribution >= 4 is 35.3 Å². The van der Waals surface area contributed by atoms with E-state index in [1.807, 2.05) is 63.2 Å². The molecule has 2 fully saturated rings. The molecule has 0 radical (unpaired) electrons. The van der Waals surface area contributed by atoms with Gasteiger partial charge in [0, 0.05) is 75.5 Å². The minimum atomic E-state index is -5.08. The minimum absolute atomic E-state index is 0.222. The number of carboxylic acid groups (broad SMARTS) is 1. The van der Waals surface area contributed by atoms with E-state index in [4.69, 9.17) is 37.8 Å². The standard InChI is InChI=1S/C16H23ClN2O2.C11H15ClN2.C2HF3O2/c1-16(2,3)21-15(20)19-10-8-18(9-11-19)12-13-6-4-5-7-14(13)17;12-11-4-2-1-3-10(11)9-14-7-5-13-6-8-14;3-2(4,5)1(6)7/h4-7H,8-12H2,1-3H3;1-4,13H,5-9H2;(H,6,7). The molecule has 2 aliphatic heterocycles. The number of amides is 1. The molecule has 8 nitrogen and oxygen atoms in total. The number of nitrogens with one attached hydrogen (secondary N) is 1. The maximum Gasteiger partial charge on any atom is 0.490 e. The van der Waals surface area contributed by atoms with Gasteiger partial charge in [0.15, 0.2) is 0 Å². The quantitative estimate of drug-likeness (QED) is 0.442. The molecule has 2 saturated heterocycles. The van der Waals surface area contributed by atoms with Gasteiger partial charge in [-0.15, -0.1) is 0 Å². The van der Waals surface area contributed by atoms with Gasteiger partial charge in [-0.05, 0) is 44.0 Å². The summed E-state index contributed by atoms with van der Waals surface area (Å²) >= 11 is 12.3. The lowest BCUT2D eigenvalue weighted by atomic mass is 10.2. The van der Waals surface area contributed by atoms with E-state index in [1.54, 1.807) is 4.90 Å². The number of hydrogen-bond donors (Lipinski definition) is 2. The minimum Gasteiger partial charge on any atom is -0.475 e. The third-order valence-electron chi connectivity index (χ3n) is 6.18. The van der Waals surface area contributed by atoms with Gasteiger partial charge in [0.05, 0.1) is 0 Å². The molecule has 2 aromatic carbocycles. The first-order valence-electron chi connectivity index (χ1n) is 13.6. The van der Waals surface area contributed by atoms with Gasteiger partial charge >= 0.3 is 18.2 Å². The Kier molecular flexibility index (Phi) is 14.3. The zero-order chi connectivity index (χ0) is 31.3. The highest BCUT2D eigenvalue weighted by Crippen LogP contribution is 2.19. The molecule has 0 atom stereocenters. The molecule has 234 valence electrons. The van der Waals surface area contributed by atoms with Gasteiger partial charge in [-0.1, -0.05) is 59.6 Å². The molecule has 0 aromatic heterocycles. The topological polar surface area (TPSA) is 85.4 Å². The zero-order valence-corrected chi connectivity index (χ0v) is 25.6. The molecule has 0 spiro atoms. The number of carbonyl (C=O) groups excluding carboxylic acids is 1. The number of nitrogens with zero attached hydrogens (tertiary/aromatic N) is 3. The highest BCUT2D eigenvalue weighted by Gasteiger charge is 2.38. The molecule has 2 heterocycles. The number of carbonyl (C=O) groups is 2. The molecule has 2 N–H and O–H groups in total. The van der Waals surface area contributed by atoms with E-state index in [2.05, 4.69) is 21.2 Å². The van der Waals surface area contributed by atoms with Crippen LogP contribution in [-0.4, -0.2) is 96.0 Å². The van der Waals surface area contributed by atoms with Crippen LogP contribution >= 0.6 is 23.2 Å². The molecule has 2 aromatic rings. The van der Waals surface area contributed by atoms with Crippen molar-refractivity contribution in [1.29, 1.82) is 0 Å². The van der Waals surface area contributed by atoms with Crippen LogP contribution in [0.15, 0.2) is 48.5 Å². The summed E-state index contributed by atoms with van der Waals surface area (Å²) in [6.45, 7) is 14.9. The lowest BCUT2D eigenvalue weighted by molar-refractivity contribution is -0.192. The fourth-order valence-corrected chi connectivity index (χ4v) is 4.41. The maximum absolute atomic E-state index is 12.0. The third-order valence-corrected chi connectivity index (χ3v) is 6.92.